The van der Waals surface area contributed by atoms with Gasteiger partial charge in [0, 0.05) is 13.0 Å². The van der Waals surface area contributed by atoms with Gasteiger partial charge in [0.25, 0.3) is 5.91 Å². The van der Waals surface area contributed by atoms with Gasteiger partial charge in [-0.05, 0) is 18.2 Å². The largest absolute Gasteiger partial charge is 0.347 e. The van der Waals surface area contributed by atoms with Gasteiger partial charge in [-0.2, -0.15) is 5.10 Å². The number of carbonyl (C=O) groups excluding carboxylic acids is 1. The molecule has 6 nitrogen and oxygen atoms in total. The van der Waals surface area contributed by atoms with Crippen molar-refractivity contribution in [1.29, 1.82) is 0 Å². The van der Waals surface area contributed by atoms with Crippen LogP contribution in [0.4, 0.5) is 0 Å². The Hall–Kier alpha value is -2.89. The summed E-state index contributed by atoms with van der Waals surface area (Å²) in [6, 6.07) is 11.4. The van der Waals surface area contributed by atoms with E-state index in [0.717, 1.165) is 23.5 Å². The molecular weight excluding hydrogens is 278 g/mol. The topological polar surface area (TPSA) is 66.8 Å². The maximum absolute atomic E-state index is 12.8. The fraction of sp³-hybridized carbons (Fsp3) is 0.188. The number of imidazole rings is 1. The van der Waals surface area contributed by atoms with Crippen molar-refractivity contribution in [1.82, 2.24) is 24.6 Å². The molecule has 0 radical (unpaired) electrons. The highest BCUT2D eigenvalue weighted by molar-refractivity contribution is 5.93. The van der Waals surface area contributed by atoms with Gasteiger partial charge < -0.3 is 9.88 Å². The van der Waals surface area contributed by atoms with E-state index in [2.05, 4.69) is 15.1 Å². The van der Waals surface area contributed by atoms with Gasteiger partial charge in [-0.3, -0.25) is 4.79 Å². The second-order valence-electron chi connectivity index (χ2n) is 5.27. The Labute approximate surface area is 127 Å². The number of aromatic nitrogens is 4. The van der Waals surface area contributed by atoms with E-state index in [9.17, 15) is 4.79 Å². The number of nitrogens with zero attached hydrogens (tertiary/aromatic N) is 4. The van der Waals surface area contributed by atoms with Gasteiger partial charge in [0.1, 0.15) is 5.69 Å². The maximum Gasteiger partial charge on any atom is 0.272 e. The van der Waals surface area contributed by atoms with E-state index < -0.39 is 0 Å². The lowest BCUT2D eigenvalue weighted by Gasteiger charge is -2.26. The van der Waals surface area contributed by atoms with Gasteiger partial charge in [-0.25, -0.2) is 9.67 Å². The molecule has 1 aliphatic heterocycles. The minimum Gasteiger partial charge on any atom is -0.347 e. The third-order valence-electron chi connectivity index (χ3n) is 3.92. The highest BCUT2D eigenvalue weighted by Crippen LogP contribution is 2.18. The number of H-pyrrole nitrogens is 1. The highest BCUT2D eigenvalue weighted by atomic mass is 16.2. The number of rotatable bonds is 2. The van der Waals surface area contributed by atoms with Gasteiger partial charge in [0.2, 0.25) is 0 Å². The van der Waals surface area contributed by atoms with Crippen LogP contribution >= 0.6 is 0 Å². The molecule has 0 spiro atoms. The fourth-order valence-electron chi connectivity index (χ4n) is 2.79. The van der Waals surface area contributed by atoms with E-state index in [1.54, 1.807) is 23.3 Å². The SMILES string of the molecule is O=C(c1ccnn1-c1ccccc1)N1CCc2nc[nH]c2C1. The zero-order valence-electron chi connectivity index (χ0n) is 11.9. The molecule has 1 aromatic carbocycles. The van der Waals surface area contributed by atoms with Gasteiger partial charge in [-0.1, -0.05) is 18.2 Å². The van der Waals surface area contributed by atoms with Crippen molar-refractivity contribution in [3.63, 3.8) is 0 Å². The summed E-state index contributed by atoms with van der Waals surface area (Å²) >= 11 is 0. The normalized spacial score (nSPS) is 13.9. The molecule has 3 heterocycles. The van der Waals surface area contributed by atoms with Crippen LogP contribution in [0.2, 0.25) is 0 Å². The van der Waals surface area contributed by atoms with Crippen LogP contribution in [0.15, 0.2) is 48.9 Å². The summed E-state index contributed by atoms with van der Waals surface area (Å²) in [6.07, 6.45) is 4.13. The average Bonchev–Trinajstić information content (AvgIpc) is 3.23. The summed E-state index contributed by atoms with van der Waals surface area (Å²) in [6.45, 7) is 1.24. The predicted molar refractivity (Wildman–Crippen MR) is 80.6 cm³/mol. The molecule has 0 atom stereocenters. The molecule has 0 bridgehead atoms. The van der Waals surface area contributed by atoms with Gasteiger partial charge in [-0.15, -0.1) is 0 Å². The summed E-state index contributed by atoms with van der Waals surface area (Å²) in [7, 11) is 0. The second-order valence-corrected chi connectivity index (χ2v) is 5.27. The van der Waals surface area contributed by atoms with Crippen LogP contribution in [0.5, 0.6) is 0 Å². The van der Waals surface area contributed by atoms with Crippen LogP contribution in [0.25, 0.3) is 5.69 Å². The molecule has 0 fully saturated rings. The van der Waals surface area contributed by atoms with Crippen LogP contribution in [-0.2, 0) is 13.0 Å². The molecule has 1 N–H and O–H groups in total. The number of amides is 1. The van der Waals surface area contributed by atoms with Crippen LogP contribution in [0, 0.1) is 0 Å². The predicted octanol–water partition coefficient (Wildman–Crippen LogP) is 1.79. The number of aromatic amines is 1. The second kappa shape index (κ2) is 5.14. The number of carbonyl (C=O) groups is 1. The molecule has 110 valence electrons. The van der Waals surface area contributed by atoms with Crippen molar-refractivity contribution in [3.05, 3.63) is 66.0 Å². The Balaban J connectivity index is 1.64. The number of para-hydroxylation sites is 1. The monoisotopic (exact) mass is 293 g/mol. The van der Waals surface area contributed by atoms with E-state index in [1.165, 1.54) is 0 Å². The quantitative estimate of drug-likeness (QED) is 0.783. The average molecular weight is 293 g/mol. The lowest BCUT2D eigenvalue weighted by molar-refractivity contribution is 0.0722. The van der Waals surface area contributed by atoms with E-state index in [-0.39, 0.29) is 5.91 Å². The lowest BCUT2D eigenvalue weighted by atomic mass is 10.1. The smallest absolute Gasteiger partial charge is 0.272 e. The third kappa shape index (κ3) is 2.09. The molecule has 0 unspecified atom stereocenters. The molecule has 0 saturated heterocycles. The third-order valence-corrected chi connectivity index (χ3v) is 3.92. The Morgan fingerprint density at radius 3 is 2.91 bits per heavy atom. The van der Waals surface area contributed by atoms with Crippen molar-refractivity contribution in [3.8, 4) is 5.69 Å². The van der Waals surface area contributed by atoms with Gasteiger partial charge >= 0.3 is 0 Å². The first-order valence-corrected chi connectivity index (χ1v) is 7.23. The van der Waals surface area contributed by atoms with Crippen LogP contribution in [0.1, 0.15) is 21.9 Å². The van der Waals surface area contributed by atoms with Crippen molar-refractivity contribution in [2.45, 2.75) is 13.0 Å². The summed E-state index contributed by atoms with van der Waals surface area (Å²) < 4.78 is 1.69. The maximum atomic E-state index is 12.8. The summed E-state index contributed by atoms with van der Waals surface area (Å²) in [5.74, 6) is -0.0124. The van der Waals surface area contributed by atoms with Crippen molar-refractivity contribution in [2.24, 2.45) is 0 Å². The van der Waals surface area contributed by atoms with E-state index >= 15 is 0 Å². The van der Waals surface area contributed by atoms with Gasteiger partial charge in [0.15, 0.2) is 0 Å². The first-order valence-electron chi connectivity index (χ1n) is 7.23. The van der Waals surface area contributed by atoms with Crippen LogP contribution < -0.4 is 0 Å². The number of hydrogen-bond acceptors (Lipinski definition) is 3. The Kier molecular flexibility index (Phi) is 3.00. The Morgan fingerprint density at radius 1 is 1.18 bits per heavy atom. The zero-order chi connectivity index (χ0) is 14.9. The standard InChI is InChI=1S/C16H15N5O/c22-16(20-9-7-13-14(10-20)18-11-17-13)15-6-8-19-21(15)12-4-2-1-3-5-12/h1-6,8,11H,7,9-10H2,(H,17,18). The fourth-order valence-corrected chi connectivity index (χ4v) is 2.79. The first-order chi connectivity index (χ1) is 10.8. The minimum absolute atomic E-state index is 0.0124. The first kappa shape index (κ1) is 12.8. The Bertz CT molecular complexity index is 805. The summed E-state index contributed by atoms with van der Waals surface area (Å²) in [5, 5.41) is 4.29. The van der Waals surface area contributed by atoms with Crippen molar-refractivity contribution in [2.75, 3.05) is 6.54 Å². The molecule has 3 aromatic rings. The minimum atomic E-state index is -0.0124. The molecule has 2 aromatic heterocycles. The molecule has 4 rings (SSSR count). The van der Waals surface area contributed by atoms with E-state index in [4.69, 9.17) is 0 Å². The van der Waals surface area contributed by atoms with Gasteiger partial charge in [0.05, 0.1) is 36.1 Å². The molecule has 0 saturated carbocycles. The number of fused-ring (bicyclic) bond motifs is 1. The highest BCUT2D eigenvalue weighted by Gasteiger charge is 2.25. The van der Waals surface area contributed by atoms with Crippen molar-refractivity contribution < 1.29 is 4.79 Å². The van der Waals surface area contributed by atoms with Crippen molar-refractivity contribution >= 4 is 5.91 Å². The van der Waals surface area contributed by atoms with Crippen LogP contribution in [0.3, 0.4) is 0 Å². The zero-order valence-corrected chi connectivity index (χ0v) is 11.9. The van der Waals surface area contributed by atoms with E-state index in [0.29, 0.717) is 18.8 Å². The molecule has 0 aliphatic carbocycles. The molecule has 1 amide bonds. The van der Waals surface area contributed by atoms with E-state index in [1.807, 2.05) is 35.2 Å². The number of benzene rings is 1. The molecule has 6 heteroatoms. The summed E-state index contributed by atoms with van der Waals surface area (Å²) in [4.78, 5) is 22.0. The van der Waals surface area contributed by atoms with Crippen LogP contribution in [-0.4, -0.2) is 37.1 Å². The lowest BCUT2D eigenvalue weighted by Crippen LogP contribution is -2.37. The number of nitrogens with one attached hydrogen (secondary N) is 1. The number of hydrogen-bond donors (Lipinski definition) is 1. The molecule has 1 aliphatic rings. The Morgan fingerprint density at radius 2 is 2.05 bits per heavy atom. The molecule has 22 heavy (non-hydrogen) atoms. The summed E-state index contributed by atoms with van der Waals surface area (Å²) in [5.41, 5.74) is 3.54. The molecular formula is C16H15N5O.